The van der Waals surface area contributed by atoms with Gasteiger partial charge in [0, 0.05) is 12.8 Å². The summed E-state index contributed by atoms with van der Waals surface area (Å²) in [6.07, 6.45) is 14.1. The highest BCUT2D eigenvalue weighted by atomic mass is 16.6. The fourth-order valence-corrected chi connectivity index (χ4v) is 3.83. The SMILES string of the molecule is CCC(O)OC(=O)CCCC(C)CCCC(C)CCCC(C)CCCC(C)C. The van der Waals surface area contributed by atoms with E-state index in [-0.39, 0.29) is 5.97 Å². The van der Waals surface area contributed by atoms with Crippen LogP contribution in [0.4, 0.5) is 0 Å². The lowest BCUT2D eigenvalue weighted by Crippen LogP contribution is -2.16. The van der Waals surface area contributed by atoms with Crippen LogP contribution < -0.4 is 0 Å². The van der Waals surface area contributed by atoms with E-state index >= 15 is 0 Å². The molecule has 4 unspecified atom stereocenters. The van der Waals surface area contributed by atoms with Crippen molar-refractivity contribution >= 4 is 5.97 Å². The number of carbonyl (C=O) groups is 1. The molecule has 1 N–H and O–H groups in total. The molecule has 0 saturated carbocycles. The molecule has 0 saturated heterocycles. The van der Waals surface area contributed by atoms with Crippen LogP contribution in [-0.2, 0) is 9.53 Å². The second-order valence-corrected chi connectivity index (χ2v) is 9.75. The first-order chi connectivity index (χ1) is 13.2. The molecule has 4 atom stereocenters. The Labute approximate surface area is 176 Å². The fraction of sp³-hybridized carbons (Fsp3) is 0.960. The summed E-state index contributed by atoms with van der Waals surface area (Å²) in [4.78, 5) is 11.6. The first-order valence-corrected chi connectivity index (χ1v) is 12.1. The van der Waals surface area contributed by atoms with Gasteiger partial charge in [0.1, 0.15) is 0 Å². The monoisotopic (exact) mass is 398 g/mol. The Kier molecular flexibility index (Phi) is 16.9. The zero-order valence-electron chi connectivity index (χ0n) is 19.8. The number of hydrogen-bond donors (Lipinski definition) is 1. The van der Waals surface area contributed by atoms with Gasteiger partial charge in [0.15, 0.2) is 6.29 Å². The van der Waals surface area contributed by atoms with Gasteiger partial charge in [-0.2, -0.15) is 0 Å². The zero-order valence-corrected chi connectivity index (χ0v) is 19.8. The molecule has 0 fully saturated rings. The van der Waals surface area contributed by atoms with E-state index in [9.17, 15) is 9.90 Å². The van der Waals surface area contributed by atoms with Crippen LogP contribution in [-0.4, -0.2) is 17.4 Å². The summed E-state index contributed by atoms with van der Waals surface area (Å²) in [5, 5.41) is 9.31. The summed E-state index contributed by atoms with van der Waals surface area (Å²) >= 11 is 0. The van der Waals surface area contributed by atoms with E-state index in [0.717, 1.165) is 30.6 Å². The molecule has 0 bridgehead atoms. The van der Waals surface area contributed by atoms with Crippen LogP contribution in [0.2, 0.25) is 0 Å². The number of aliphatic hydroxyl groups is 1. The number of hydrogen-bond acceptors (Lipinski definition) is 3. The van der Waals surface area contributed by atoms with E-state index in [0.29, 0.717) is 18.8 Å². The molecule has 28 heavy (non-hydrogen) atoms. The van der Waals surface area contributed by atoms with Crippen LogP contribution in [0.15, 0.2) is 0 Å². The lowest BCUT2D eigenvalue weighted by atomic mass is 9.90. The van der Waals surface area contributed by atoms with Gasteiger partial charge in [0.2, 0.25) is 0 Å². The summed E-state index contributed by atoms with van der Waals surface area (Å²) in [5.41, 5.74) is 0. The van der Waals surface area contributed by atoms with Crippen molar-refractivity contribution in [3.63, 3.8) is 0 Å². The van der Waals surface area contributed by atoms with E-state index in [4.69, 9.17) is 4.74 Å². The molecule has 0 aromatic rings. The maximum atomic E-state index is 11.6. The second kappa shape index (κ2) is 17.3. The number of rotatable bonds is 18. The Hall–Kier alpha value is -0.570. The van der Waals surface area contributed by atoms with Crippen molar-refractivity contribution in [2.75, 3.05) is 0 Å². The average molecular weight is 399 g/mol. The lowest BCUT2D eigenvalue weighted by Gasteiger charge is -2.16. The molecule has 0 aromatic heterocycles. The summed E-state index contributed by atoms with van der Waals surface area (Å²) < 4.78 is 4.90. The summed E-state index contributed by atoms with van der Waals surface area (Å²) in [5.74, 6) is 2.96. The maximum Gasteiger partial charge on any atom is 0.308 e. The highest BCUT2D eigenvalue weighted by Crippen LogP contribution is 2.23. The Morgan fingerprint density at radius 2 is 1.11 bits per heavy atom. The third-order valence-electron chi connectivity index (χ3n) is 5.96. The fourth-order valence-electron chi connectivity index (χ4n) is 3.83. The van der Waals surface area contributed by atoms with Gasteiger partial charge >= 0.3 is 5.97 Å². The van der Waals surface area contributed by atoms with Crippen molar-refractivity contribution in [3.8, 4) is 0 Å². The molecule has 3 nitrogen and oxygen atoms in total. The number of esters is 1. The van der Waals surface area contributed by atoms with E-state index in [2.05, 4.69) is 34.6 Å². The topological polar surface area (TPSA) is 46.5 Å². The minimum atomic E-state index is -0.936. The van der Waals surface area contributed by atoms with Crippen molar-refractivity contribution in [1.29, 1.82) is 0 Å². The molecule has 0 radical (unpaired) electrons. The van der Waals surface area contributed by atoms with Crippen LogP contribution in [0.25, 0.3) is 0 Å². The van der Waals surface area contributed by atoms with Gasteiger partial charge in [-0.1, -0.05) is 106 Å². The molecule has 168 valence electrons. The Balaban J connectivity index is 3.61. The highest BCUT2D eigenvalue weighted by Gasteiger charge is 2.11. The van der Waals surface area contributed by atoms with Gasteiger partial charge < -0.3 is 9.84 Å². The zero-order chi connectivity index (χ0) is 21.4. The molecule has 0 aliphatic heterocycles. The average Bonchev–Trinajstić information content (AvgIpc) is 2.61. The van der Waals surface area contributed by atoms with Gasteiger partial charge in [-0.3, -0.25) is 4.79 Å². The van der Waals surface area contributed by atoms with Crippen LogP contribution >= 0.6 is 0 Å². The van der Waals surface area contributed by atoms with Crippen molar-refractivity contribution in [2.24, 2.45) is 23.7 Å². The molecule has 0 heterocycles. The van der Waals surface area contributed by atoms with Gasteiger partial charge in [-0.25, -0.2) is 0 Å². The second-order valence-electron chi connectivity index (χ2n) is 9.75. The first-order valence-electron chi connectivity index (χ1n) is 12.1. The largest absolute Gasteiger partial charge is 0.436 e. The molecule has 0 spiro atoms. The van der Waals surface area contributed by atoms with Gasteiger partial charge in [0.05, 0.1) is 0 Å². The minimum absolute atomic E-state index is 0.270. The lowest BCUT2D eigenvalue weighted by molar-refractivity contribution is -0.168. The van der Waals surface area contributed by atoms with E-state index in [1.165, 1.54) is 57.8 Å². The first kappa shape index (κ1) is 27.4. The minimum Gasteiger partial charge on any atom is -0.436 e. The summed E-state index contributed by atoms with van der Waals surface area (Å²) in [7, 11) is 0. The molecular weight excluding hydrogens is 348 g/mol. The highest BCUT2D eigenvalue weighted by molar-refractivity contribution is 5.69. The predicted octanol–water partition coefficient (Wildman–Crippen LogP) is 7.50. The maximum absolute atomic E-state index is 11.6. The van der Waals surface area contributed by atoms with Crippen molar-refractivity contribution in [2.45, 2.75) is 131 Å². The molecule has 0 aliphatic rings. The number of aliphatic hydroxyl groups excluding tert-OH is 1. The number of ether oxygens (including phenoxy) is 1. The molecular formula is C25H50O3. The summed E-state index contributed by atoms with van der Waals surface area (Å²) in [6.45, 7) is 13.6. The van der Waals surface area contributed by atoms with E-state index in [1.807, 2.05) is 0 Å². The van der Waals surface area contributed by atoms with Gasteiger partial charge in [-0.15, -0.1) is 0 Å². The third-order valence-corrected chi connectivity index (χ3v) is 5.96. The Morgan fingerprint density at radius 1 is 0.714 bits per heavy atom. The van der Waals surface area contributed by atoms with Gasteiger partial charge in [0.25, 0.3) is 0 Å². The van der Waals surface area contributed by atoms with Crippen LogP contribution in [0.1, 0.15) is 125 Å². The third kappa shape index (κ3) is 17.5. The number of carbonyl (C=O) groups excluding carboxylic acids is 1. The van der Waals surface area contributed by atoms with Crippen LogP contribution in [0, 0.1) is 23.7 Å². The standard InChI is InChI=1S/C25H50O3/c1-7-24(26)28-25(27)19-11-18-23(6)17-10-16-22(5)15-9-14-21(4)13-8-12-20(2)3/h20-24,26H,7-19H2,1-6H3. The van der Waals surface area contributed by atoms with E-state index < -0.39 is 6.29 Å². The Bertz CT molecular complexity index is 367. The normalized spacial score (nSPS) is 16.0. The smallest absolute Gasteiger partial charge is 0.308 e. The van der Waals surface area contributed by atoms with E-state index in [1.54, 1.807) is 6.92 Å². The Morgan fingerprint density at radius 3 is 1.50 bits per heavy atom. The van der Waals surface area contributed by atoms with Crippen molar-refractivity contribution in [3.05, 3.63) is 0 Å². The summed E-state index contributed by atoms with van der Waals surface area (Å²) in [6, 6.07) is 0. The molecule has 0 aliphatic carbocycles. The molecule has 0 rings (SSSR count). The van der Waals surface area contributed by atoms with Crippen LogP contribution in [0.3, 0.4) is 0 Å². The molecule has 0 aromatic carbocycles. The van der Waals surface area contributed by atoms with Gasteiger partial charge in [-0.05, 0) is 30.1 Å². The molecule has 0 amide bonds. The van der Waals surface area contributed by atoms with Crippen molar-refractivity contribution < 1.29 is 14.6 Å². The quantitative estimate of drug-likeness (QED) is 0.192. The van der Waals surface area contributed by atoms with Crippen molar-refractivity contribution in [1.82, 2.24) is 0 Å². The van der Waals surface area contributed by atoms with Crippen LogP contribution in [0.5, 0.6) is 0 Å². The molecule has 3 heteroatoms. The predicted molar refractivity (Wildman–Crippen MR) is 120 cm³/mol.